The van der Waals surface area contributed by atoms with Gasteiger partial charge in [-0.05, 0) is 48.2 Å². The predicted molar refractivity (Wildman–Crippen MR) is 99.0 cm³/mol. The minimum absolute atomic E-state index is 0.00179. The van der Waals surface area contributed by atoms with Gasteiger partial charge in [0, 0.05) is 19.0 Å². The average molecular weight is 359 g/mol. The van der Waals surface area contributed by atoms with Crippen LogP contribution in [0.15, 0.2) is 46.9 Å². The second-order valence-corrected chi connectivity index (χ2v) is 6.62. The number of ether oxygens (including phenoxy) is 1. The topological polar surface area (TPSA) is 71.0 Å². The summed E-state index contributed by atoms with van der Waals surface area (Å²) in [5.74, 6) is 0.354. The standard InChI is InChI=1S/C18H21N3O3S/c1-13(19-20-17(22)11-16-5-4-10-25-16)14-6-8-15(9-7-14)24-12-18(23)21(2)3/h4-10H,11-12H2,1-3H3,(H,20,22)/b19-13+. The van der Waals surface area contributed by atoms with Crippen LogP contribution in [0.4, 0.5) is 0 Å². The van der Waals surface area contributed by atoms with E-state index >= 15 is 0 Å². The molecule has 0 unspecified atom stereocenters. The maximum Gasteiger partial charge on any atom is 0.259 e. The summed E-state index contributed by atoms with van der Waals surface area (Å²) in [6.45, 7) is 1.81. The fraction of sp³-hybridized carbons (Fsp3) is 0.278. The smallest absolute Gasteiger partial charge is 0.259 e. The van der Waals surface area contributed by atoms with E-state index in [2.05, 4.69) is 10.5 Å². The number of carbonyl (C=O) groups excluding carboxylic acids is 2. The molecule has 0 atom stereocenters. The van der Waals surface area contributed by atoms with Crippen LogP contribution >= 0.6 is 11.3 Å². The first-order valence-corrected chi connectivity index (χ1v) is 8.62. The number of hydrogen-bond donors (Lipinski definition) is 1. The van der Waals surface area contributed by atoms with Gasteiger partial charge in [0.05, 0.1) is 12.1 Å². The molecule has 0 aliphatic carbocycles. The van der Waals surface area contributed by atoms with Crippen molar-refractivity contribution >= 4 is 28.9 Å². The van der Waals surface area contributed by atoms with Crippen LogP contribution in [0.3, 0.4) is 0 Å². The van der Waals surface area contributed by atoms with Crippen LogP contribution in [0.25, 0.3) is 0 Å². The minimum atomic E-state index is -0.149. The van der Waals surface area contributed by atoms with Crippen molar-refractivity contribution in [3.05, 3.63) is 52.2 Å². The van der Waals surface area contributed by atoms with Crippen LogP contribution in [-0.2, 0) is 16.0 Å². The molecule has 1 aromatic heterocycles. The van der Waals surface area contributed by atoms with Gasteiger partial charge in [0.2, 0.25) is 5.91 Å². The van der Waals surface area contributed by atoms with Crippen LogP contribution in [0.5, 0.6) is 5.75 Å². The molecule has 2 aromatic rings. The zero-order chi connectivity index (χ0) is 18.2. The molecule has 0 aliphatic heterocycles. The number of nitrogens with zero attached hydrogens (tertiary/aromatic N) is 2. The molecule has 1 N–H and O–H groups in total. The number of carbonyl (C=O) groups is 2. The Morgan fingerprint density at radius 1 is 1.20 bits per heavy atom. The van der Waals surface area contributed by atoms with Gasteiger partial charge in [-0.1, -0.05) is 6.07 Å². The summed E-state index contributed by atoms with van der Waals surface area (Å²) in [6, 6.07) is 11.0. The normalized spacial score (nSPS) is 11.1. The van der Waals surface area contributed by atoms with E-state index in [-0.39, 0.29) is 18.4 Å². The molecule has 0 spiro atoms. The van der Waals surface area contributed by atoms with Crippen LogP contribution in [-0.4, -0.2) is 43.1 Å². The molecule has 0 aliphatic rings. The minimum Gasteiger partial charge on any atom is -0.484 e. The molecule has 2 amide bonds. The highest BCUT2D eigenvalue weighted by Crippen LogP contribution is 2.13. The lowest BCUT2D eigenvalue weighted by Crippen LogP contribution is -2.27. The van der Waals surface area contributed by atoms with Gasteiger partial charge in [0.15, 0.2) is 6.61 Å². The SMILES string of the molecule is C/C(=N\NC(=O)Cc1cccs1)c1ccc(OCC(=O)N(C)C)cc1. The highest BCUT2D eigenvalue weighted by Gasteiger charge is 2.06. The van der Waals surface area contributed by atoms with E-state index in [0.717, 1.165) is 10.4 Å². The number of likely N-dealkylation sites (N-methyl/N-ethyl adjacent to an activating group) is 1. The Balaban J connectivity index is 1.87. The molecule has 0 saturated heterocycles. The number of rotatable bonds is 7. The zero-order valence-corrected chi connectivity index (χ0v) is 15.3. The Morgan fingerprint density at radius 2 is 1.92 bits per heavy atom. The van der Waals surface area contributed by atoms with Gasteiger partial charge in [0.1, 0.15) is 5.75 Å². The fourth-order valence-corrected chi connectivity index (χ4v) is 2.59. The average Bonchev–Trinajstić information content (AvgIpc) is 3.10. The fourth-order valence-electron chi connectivity index (χ4n) is 1.89. The van der Waals surface area contributed by atoms with Crippen molar-refractivity contribution in [3.8, 4) is 5.75 Å². The molecule has 0 bridgehead atoms. The van der Waals surface area contributed by atoms with E-state index in [1.807, 2.05) is 36.6 Å². The van der Waals surface area contributed by atoms with E-state index in [1.165, 1.54) is 4.90 Å². The van der Waals surface area contributed by atoms with Gasteiger partial charge in [-0.25, -0.2) is 5.43 Å². The number of benzene rings is 1. The summed E-state index contributed by atoms with van der Waals surface area (Å²) >= 11 is 1.54. The first-order valence-electron chi connectivity index (χ1n) is 7.74. The Kier molecular flexibility index (Phi) is 6.71. The molecule has 7 heteroatoms. The van der Waals surface area contributed by atoms with Gasteiger partial charge < -0.3 is 9.64 Å². The summed E-state index contributed by atoms with van der Waals surface area (Å²) in [6.07, 6.45) is 0.321. The van der Waals surface area contributed by atoms with Crippen molar-refractivity contribution in [2.45, 2.75) is 13.3 Å². The number of nitrogens with one attached hydrogen (secondary N) is 1. The molecule has 0 fully saturated rings. The lowest BCUT2D eigenvalue weighted by Gasteiger charge is -2.11. The second kappa shape index (κ2) is 8.98. The maximum absolute atomic E-state index is 11.8. The van der Waals surface area contributed by atoms with Gasteiger partial charge in [-0.3, -0.25) is 9.59 Å². The monoisotopic (exact) mass is 359 g/mol. The maximum atomic E-state index is 11.8. The van der Waals surface area contributed by atoms with Crippen LogP contribution < -0.4 is 10.2 Å². The zero-order valence-electron chi connectivity index (χ0n) is 14.5. The van der Waals surface area contributed by atoms with Gasteiger partial charge >= 0.3 is 0 Å². The molecular formula is C18H21N3O3S. The Morgan fingerprint density at radius 3 is 2.52 bits per heavy atom. The van der Waals surface area contributed by atoms with Gasteiger partial charge in [0.25, 0.3) is 5.91 Å². The van der Waals surface area contributed by atoms with E-state index in [4.69, 9.17) is 4.74 Å². The predicted octanol–water partition coefficient (Wildman–Crippen LogP) is 2.30. The lowest BCUT2D eigenvalue weighted by atomic mass is 10.1. The summed E-state index contributed by atoms with van der Waals surface area (Å²) in [5.41, 5.74) is 4.11. The number of thiophene rings is 1. The van der Waals surface area contributed by atoms with Crippen molar-refractivity contribution in [3.63, 3.8) is 0 Å². The van der Waals surface area contributed by atoms with E-state index in [0.29, 0.717) is 17.9 Å². The quantitative estimate of drug-likeness (QED) is 0.609. The highest BCUT2D eigenvalue weighted by molar-refractivity contribution is 7.10. The summed E-state index contributed by atoms with van der Waals surface area (Å²) in [7, 11) is 3.36. The largest absolute Gasteiger partial charge is 0.484 e. The Bertz CT molecular complexity index is 737. The first-order chi connectivity index (χ1) is 12.0. The third-order valence-electron chi connectivity index (χ3n) is 3.40. The Hall–Kier alpha value is -2.67. The molecule has 2 rings (SSSR count). The Labute approximate surface area is 151 Å². The van der Waals surface area contributed by atoms with E-state index < -0.39 is 0 Å². The van der Waals surface area contributed by atoms with Crippen molar-refractivity contribution < 1.29 is 14.3 Å². The van der Waals surface area contributed by atoms with E-state index in [1.54, 1.807) is 37.6 Å². The molecular weight excluding hydrogens is 338 g/mol. The molecule has 1 aromatic carbocycles. The van der Waals surface area contributed by atoms with Crippen molar-refractivity contribution in [2.75, 3.05) is 20.7 Å². The van der Waals surface area contributed by atoms with Crippen molar-refractivity contribution in [1.29, 1.82) is 0 Å². The third kappa shape index (κ3) is 6.04. The molecule has 0 radical (unpaired) electrons. The molecule has 0 saturated carbocycles. The highest BCUT2D eigenvalue weighted by atomic mass is 32.1. The van der Waals surface area contributed by atoms with Crippen molar-refractivity contribution in [2.24, 2.45) is 5.10 Å². The molecule has 25 heavy (non-hydrogen) atoms. The molecule has 1 heterocycles. The summed E-state index contributed by atoms with van der Waals surface area (Å²) < 4.78 is 5.42. The number of hydrazone groups is 1. The summed E-state index contributed by atoms with van der Waals surface area (Å²) in [5, 5.41) is 6.06. The van der Waals surface area contributed by atoms with E-state index in [9.17, 15) is 9.59 Å². The third-order valence-corrected chi connectivity index (χ3v) is 4.27. The molecule has 6 nitrogen and oxygen atoms in total. The van der Waals surface area contributed by atoms with Crippen molar-refractivity contribution in [1.82, 2.24) is 10.3 Å². The number of amides is 2. The first kappa shape index (κ1) is 18.7. The van der Waals surface area contributed by atoms with Crippen LogP contribution in [0.1, 0.15) is 17.4 Å². The number of hydrogen-bond acceptors (Lipinski definition) is 5. The lowest BCUT2D eigenvalue weighted by molar-refractivity contribution is -0.130. The van der Waals surface area contributed by atoms with Gasteiger partial charge in [-0.15, -0.1) is 11.3 Å². The van der Waals surface area contributed by atoms with Crippen LogP contribution in [0.2, 0.25) is 0 Å². The van der Waals surface area contributed by atoms with Gasteiger partial charge in [-0.2, -0.15) is 5.10 Å². The summed E-state index contributed by atoms with van der Waals surface area (Å²) in [4.78, 5) is 25.8. The second-order valence-electron chi connectivity index (χ2n) is 5.59. The molecule has 132 valence electrons. The van der Waals surface area contributed by atoms with Crippen LogP contribution in [0, 0.1) is 0 Å².